The Kier molecular flexibility index (Phi) is 4.09. The van der Waals surface area contributed by atoms with Crippen LogP contribution in [0.15, 0.2) is 56.1 Å². The number of hydrogen-bond acceptors (Lipinski definition) is 8. The molecule has 0 aliphatic carbocycles. The number of rotatable bonds is 5. The second kappa shape index (κ2) is 6.70. The van der Waals surface area contributed by atoms with Gasteiger partial charge in [-0.05, 0) is 23.6 Å². The molecule has 0 fully saturated rings. The Morgan fingerprint density at radius 2 is 2.16 bits per heavy atom. The summed E-state index contributed by atoms with van der Waals surface area (Å²) < 4.78 is 15.6. The lowest BCUT2D eigenvalue weighted by molar-refractivity contribution is -0.139. The Balaban J connectivity index is 1.36. The van der Waals surface area contributed by atoms with E-state index in [1.54, 1.807) is 6.07 Å². The van der Waals surface area contributed by atoms with E-state index in [1.165, 1.54) is 23.5 Å². The fraction of sp³-hybridized carbons (Fsp3) is 0.0588. The number of oxazole rings is 1. The van der Waals surface area contributed by atoms with E-state index < -0.39 is 5.97 Å². The Morgan fingerprint density at radius 3 is 3.00 bits per heavy atom. The number of esters is 1. The topological polar surface area (TPSA) is 91.2 Å². The molecule has 0 radical (unpaired) electrons. The van der Waals surface area contributed by atoms with Crippen LogP contribution in [0.4, 0.5) is 0 Å². The summed E-state index contributed by atoms with van der Waals surface area (Å²) in [5.74, 6) is 0.465. The summed E-state index contributed by atoms with van der Waals surface area (Å²) in [4.78, 5) is 20.2. The largest absolute Gasteiger partial charge is 0.452 e. The first-order valence-corrected chi connectivity index (χ1v) is 8.28. The fourth-order valence-electron chi connectivity index (χ4n) is 2.10. The zero-order valence-electron chi connectivity index (χ0n) is 12.8. The van der Waals surface area contributed by atoms with Crippen LogP contribution in [0.5, 0.6) is 0 Å². The Bertz CT molecular complexity index is 1000. The molecule has 3 heterocycles. The van der Waals surface area contributed by atoms with Crippen LogP contribution >= 0.6 is 11.3 Å². The van der Waals surface area contributed by atoms with Gasteiger partial charge in [0.15, 0.2) is 12.2 Å². The van der Waals surface area contributed by atoms with Crippen LogP contribution in [-0.4, -0.2) is 21.1 Å². The molecule has 0 spiro atoms. The number of carbonyl (C=O) groups excluding carboxylic acids is 1. The van der Waals surface area contributed by atoms with Gasteiger partial charge in [0.1, 0.15) is 5.52 Å². The molecule has 1 aromatic carbocycles. The molecule has 4 rings (SSSR count). The van der Waals surface area contributed by atoms with Crippen molar-refractivity contribution in [1.82, 2.24) is 15.1 Å². The minimum Gasteiger partial charge on any atom is -0.452 e. The van der Waals surface area contributed by atoms with Gasteiger partial charge in [-0.1, -0.05) is 17.3 Å². The van der Waals surface area contributed by atoms with Gasteiger partial charge in [-0.2, -0.15) is 16.3 Å². The zero-order chi connectivity index (χ0) is 17.1. The number of para-hydroxylation sites is 2. The zero-order valence-corrected chi connectivity index (χ0v) is 13.6. The Labute approximate surface area is 145 Å². The monoisotopic (exact) mass is 353 g/mol. The van der Waals surface area contributed by atoms with Gasteiger partial charge in [0.25, 0.3) is 5.89 Å². The summed E-state index contributed by atoms with van der Waals surface area (Å²) in [5, 5.41) is 7.67. The van der Waals surface area contributed by atoms with Gasteiger partial charge in [-0.3, -0.25) is 0 Å². The van der Waals surface area contributed by atoms with E-state index in [0.29, 0.717) is 17.3 Å². The molecule has 8 heteroatoms. The molecule has 0 saturated heterocycles. The number of thiophene rings is 1. The minimum absolute atomic E-state index is 0.103. The van der Waals surface area contributed by atoms with Crippen molar-refractivity contribution >= 4 is 34.5 Å². The lowest BCUT2D eigenvalue weighted by Crippen LogP contribution is -2.00. The quantitative estimate of drug-likeness (QED) is 0.399. The predicted molar refractivity (Wildman–Crippen MR) is 90.5 cm³/mol. The number of benzene rings is 1. The molecule has 0 saturated carbocycles. The van der Waals surface area contributed by atoms with Crippen molar-refractivity contribution in [1.29, 1.82) is 0 Å². The molecule has 0 bridgehead atoms. The highest BCUT2D eigenvalue weighted by atomic mass is 32.1. The predicted octanol–water partition coefficient (Wildman–Crippen LogP) is 3.70. The standard InChI is InChI=1S/C17H11N3O4S/c21-16(6-5-14-18-12-3-1-2-4-13(12)23-14)22-9-15-19-17(20-24-15)11-7-8-25-10-11/h1-8,10H,9H2/b6-5+. The van der Waals surface area contributed by atoms with Crippen molar-refractivity contribution < 1.29 is 18.5 Å². The molecule has 0 atom stereocenters. The van der Waals surface area contributed by atoms with E-state index in [1.807, 2.05) is 35.0 Å². The molecular weight excluding hydrogens is 342 g/mol. The second-order valence-electron chi connectivity index (χ2n) is 4.98. The maximum atomic E-state index is 11.8. The number of nitrogens with zero attached hydrogens (tertiary/aromatic N) is 3. The van der Waals surface area contributed by atoms with Crippen LogP contribution in [-0.2, 0) is 16.1 Å². The third kappa shape index (κ3) is 3.48. The molecule has 0 amide bonds. The number of hydrogen-bond donors (Lipinski definition) is 0. The number of carbonyl (C=O) groups is 1. The maximum Gasteiger partial charge on any atom is 0.331 e. The van der Waals surface area contributed by atoms with Crippen molar-refractivity contribution in [2.45, 2.75) is 6.61 Å². The van der Waals surface area contributed by atoms with Crippen LogP contribution in [0.2, 0.25) is 0 Å². The first-order valence-electron chi connectivity index (χ1n) is 7.33. The van der Waals surface area contributed by atoms with E-state index in [4.69, 9.17) is 13.7 Å². The summed E-state index contributed by atoms with van der Waals surface area (Å²) in [6, 6.07) is 9.23. The van der Waals surface area contributed by atoms with Crippen LogP contribution in [0.3, 0.4) is 0 Å². The third-order valence-electron chi connectivity index (χ3n) is 3.26. The van der Waals surface area contributed by atoms with Gasteiger partial charge in [0, 0.05) is 23.1 Å². The first-order chi connectivity index (χ1) is 12.3. The van der Waals surface area contributed by atoms with Crippen LogP contribution in [0.25, 0.3) is 28.6 Å². The molecule has 25 heavy (non-hydrogen) atoms. The molecule has 4 aromatic rings. The molecular formula is C17H11N3O4S. The molecule has 3 aromatic heterocycles. The van der Waals surface area contributed by atoms with E-state index >= 15 is 0 Å². The van der Waals surface area contributed by atoms with Crippen molar-refractivity contribution in [3.8, 4) is 11.4 Å². The molecule has 0 unspecified atom stereocenters. The van der Waals surface area contributed by atoms with Gasteiger partial charge in [0.2, 0.25) is 11.7 Å². The van der Waals surface area contributed by atoms with Crippen LogP contribution in [0.1, 0.15) is 11.8 Å². The SMILES string of the molecule is O=C(/C=C/c1nc2ccccc2o1)OCc1nc(-c2ccsc2)no1. The summed E-state index contributed by atoms with van der Waals surface area (Å²) in [5.41, 5.74) is 2.24. The van der Waals surface area contributed by atoms with Crippen molar-refractivity contribution in [3.05, 3.63) is 58.9 Å². The van der Waals surface area contributed by atoms with E-state index in [2.05, 4.69) is 15.1 Å². The van der Waals surface area contributed by atoms with Gasteiger partial charge in [0.05, 0.1) is 0 Å². The number of ether oxygens (including phenoxy) is 1. The molecule has 0 N–H and O–H groups in total. The van der Waals surface area contributed by atoms with Crippen LogP contribution in [0, 0.1) is 0 Å². The van der Waals surface area contributed by atoms with Gasteiger partial charge in [-0.25, -0.2) is 9.78 Å². The number of fused-ring (bicyclic) bond motifs is 1. The second-order valence-corrected chi connectivity index (χ2v) is 5.76. The molecule has 7 nitrogen and oxygen atoms in total. The van der Waals surface area contributed by atoms with Gasteiger partial charge >= 0.3 is 5.97 Å². The highest BCUT2D eigenvalue weighted by molar-refractivity contribution is 7.08. The third-order valence-corrected chi connectivity index (χ3v) is 3.94. The van der Waals surface area contributed by atoms with Gasteiger partial charge < -0.3 is 13.7 Å². The first kappa shape index (κ1) is 15.3. The van der Waals surface area contributed by atoms with Gasteiger partial charge in [-0.15, -0.1) is 0 Å². The average Bonchev–Trinajstić information content (AvgIpc) is 3.37. The Hall–Kier alpha value is -3.26. The van der Waals surface area contributed by atoms with Crippen LogP contribution < -0.4 is 0 Å². The van der Waals surface area contributed by atoms with E-state index in [-0.39, 0.29) is 12.5 Å². The molecule has 0 aliphatic rings. The van der Waals surface area contributed by atoms with E-state index in [0.717, 1.165) is 11.1 Å². The van der Waals surface area contributed by atoms with Crippen molar-refractivity contribution in [2.24, 2.45) is 0 Å². The highest BCUT2D eigenvalue weighted by Crippen LogP contribution is 2.19. The normalized spacial score (nSPS) is 11.4. The smallest absolute Gasteiger partial charge is 0.331 e. The summed E-state index contributed by atoms with van der Waals surface area (Å²) >= 11 is 1.54. The average molecular weight is 353 g/mol. The lowest BCUT2D eigenvalue weighted by atomic mass is 10.3. The maximum absolute atomic E-state index is 11.8. The molecule has 124 valence electrons. The summed E-state index contributed by atoms with van der Waals surface area (Å²) in [7, 11) is 0. The van der Waals surface area contributed by atoms with E-state index in [9.17, 15) is 4.79 Å². The summed E-state index contributed by atoms with van der Waals surface area (Å²) in [6.07, 6.45) is 2.69. The highest BCUT2D eigenvalue weighted by Gasteiger charge is 2.10. The Morgan fingerprint density at radius 1 is 1.24 bits per heavy atom. The molecule has 0 aliphatic heterocycles. The number of aromatic nitrogens is 3. The minimum atomic E-state index is -0.558. The fourth-order valence-corrected chi connectivity index (χ4v) is 2.74. The van der Waals surface area contributed by atoms with Crippen molar-refractivity contribution in [3.63, 3.8) is 0 Å². The summed E-state index contributed by atoms with van der Waals surface area (Å²) in [6.45, 7) is -0.103. The lowest BCUT2D eigenvalue weighted by Gasteiger charge is -1.95. The van der Waals surface area contributed by atoms with Crippen molar-refractivity contribution in [2.75, 3.05) is 0 Å².